The third kappa shape index (κ3) is 13.2. The summed E-state index contributed by atoms with van der Waals surface area (Å²) in [6.07, 6.45) is 0.168. The Morgan fingerprint density at radius 2 is 1.47 bits per heavy atom. The minimum atomic E-state index is -1.29. The van der Waals surface area contributed by atoms with Gasteiger partial charge in [0.05, 0.1) is 6.10 Å². The van der Waals surface area contributed by atoms with Gasteiger partial charge in [-0.25, -0.2) is 13.6 Å². The minimum Gasteiger partial charge on any atom is -0.445 e. The Morgan fingerprint density at radius 1 is 0.837 bits per heavy atom. The molecule has 0 saturated heterocycles. The first-order valence-electron chi connectivity index (χ1n) is 17.0. The molecule has 3 amide bonds. The van der Waals surface area contributed by atoms with Crippen LogP contribution in [0.1, 0.15) is 68.7 Å². The molecule has 0 bridgehead atoms. The van der Waals surface area contributed by atoms with Crippen LogP contribution in [-0.4, -0.2) is 70.6 Å². The van der Waals surface area contributed by atoms with E-state index in [-0.39, 0.29) is 50.4 Å². The van der Waals surface area contributed by atoms with Crippen molar-refractivity contribution in [2.75, 3.05) is 19.6 Å². The topological polar surface area (TPSA) is 125 Å². The van der Waals surface area contributed by atoms with Crippen LogP contribution in [0.4, 0.5) is 13.6 Å². The van der Waals surface area contributed by atoms with Crippen LogP contribution in [0.25, 0.3) is 0 Å². The molecule has 0 fully saturated rings. The molecule has 4 N–H and O–H groups in total. The molecule has 0 spiro atoms. The fraction of sp³-hybridized carbons (Fsp3) is 0.447. The number of alkyl carbamates (subject to hydrolysis) is 1. The van der Waals surface area contributed by atoms with Gasteiger partial charge in [-0.15, -0.1) is 0 Å². The summed E-state index contributed by atoms with van der Waals surface area (Å²) >= 11 is 0. The fourth-order valence-electron chi connectivity index (χ4n) is 5.61. The van der Waals surface area contributed by atoms with Crippen molar-refractivity contribution in [1.82, 2.24) is 15.1 Å². The number of aliphatic hydroxyl groups is 1. The van der Waals surface area contributed by atoms with Crippen LogP contribution in [0.15, 0.2) is 72.8 Å². The van der Waals surface area contributed by atoms with Gasteiger partial charge in [0.2, 0.25) is 11.8 Å². The Kier molecular flexibility index (Phi) is 16.1. The lowest BCUT2D eigenvalue weighted by Crippen LogP contribution is -2.53. The summed E-state index contributed by atoms with van der Waals surface area (Å²) in [5.74, 6) is -2.19. The molecule has 0 aliphatic heterocycles. The first-order chi connectivity index (χ1) is 23.5. The summed E-state index contributed by atoms with van der Waals surface area (Å²) in [5, 5.41) is 13.9. The SMILES string of the molecule is CCCN(CCC)C(=O)CC[C@@H](NC(=O)OCc1ccccc1)C(=O)N(Cc1cccc(CC)c1)C[C@@H](O)[C@@H](N)Cc1cc(F)cc(F)c1. The number of ether oxygens (including phenoxy) is 1. The normalized spacial score (nSPS) is 12.9. The van der Waals surface area contributed by atoms with Crippen LogP contribution in [0.2, 0.25) is 0 Å². The molecule has 266 valence electrons. The van der Waals surface area contributed by atoms with E-state index in [9.17, 15) is 28.3 Å². The predicted molar refractivity (Wildman–Crippen MR) is 185 cm³/mol. The fourth-order valence-corrected chi connectivity index (χ4v) is 5.61. The van der Waals surface area contributed by atoms with Crippen molar-refractivity contribution in [1.29, 1.82) is 0 Å². The zero-order valence-corrected chi connectivity index (χ0v) is 28.7. The van der Waals surface area contributed by atoms with E-state index in [0.717, 1.165) is 54.2 Å². The van der Waals surface area contributed by atoms with Crippen LogP contribution >= 0.6 is 0 Å². The standard InChI is InChI=1S/C38H50F2N4O5/c1-4-17-43(18-5-2)36(46)16-15-34(42-38(48)49-26-28-11-8-7-9-12-28)37(47)44(24-29-14-10-13-27(6-3)19-29)25-35(45)33(41)22-30-20-31(39)23-32(40)21-30/h7-14,19-21,23,33-35,45H,4-6,15-18,22,24-26,41H2,1-3H3,(H,42,48)/t33-,34+,35+/m0/s1. The van der Waals surface area contributed by atoms with Crippen molar-refractivity contribution in [2.45, 2.75) is 90.6 Å². The number of carbonyl (C=O) groups excluding carboxylic acids is 3. The molecule has 3 aromatic rings. The molecule has 3 aromatic carbocycles. The van der Waals surface area contributed by atoms with E-state index in [0.29, 0.717) is 13.1 Å². The van der Waals surface area contributed by atoms with E-state index in [2.05, 4.69) is 5.32 Å². The quantitative estimate of drug-likeness (QED) is 0.153. The average Bonchev–Trinajstić information content (AvgIpc) is 3.08. The lowest BCUT2D eigenvalue weighted by Gasteiger charge is -2.32. The van der Waals surface area contributed by atoms with E-state index in [1.165, 1.54) is 4.90 Å². The zero-order valence-electron chi connectivity index (χ0n) is 28.7. The van der Waals surface area contributed by atoms with E-state index in [1.54, 1.807) is 17.0 Å². The summed E-state index contributed by atoms with van der Waals surface area (Å²) < 4.78 is 33.1. The second-order valence-electron chi connectivity index (χ2n) is 12.3. The average molecular weight is 681 g/mol. The first-order valence-corrected chi connectivity index (χ1v) is 17.0. The van der Waals surface area contributed by atoms with E-state index in [4.69, 9.17) is 10.5 Å². The molecule has 0 aliphatic carbocycles. The number of aliphatic hydroxyl groups excluding tert-OH is 1. The predicted octanol–water partition coefficient (Wildman–Crippen LogP) is 5.51. The molecule has 0 aromatic heterocycles. The maximum absolute atomic E-state index is 14.3. The summed E-state index contributed by atoms with van der Waals surface area (Å²) in [7, 11) is 0. The second-order valence-corrected chi connectivity index (χ2v) is 12.3. The van der Waals surface area contributed by atoms with Crippen LogP contribution in [-0.2, 0) is 40.3 Å². The van der Waals surface area contributed by atoms with Crippen LogP contribution in [0.5, 0.6) is 0 Å². The van der Waals surface area contributed by atoms with Gasteiger partial charge in [0, 0.05) is 44.7 Å². The van der Waals surface area contributed by atoms with E-state index in [1.807, 2.05) is 63.2 Å². The van der Waals surface area contributed by atoms with Crippen molar-refractivity contribution >= 4 is 17.9 Å². The smallest absolute Gasteiger partial charge is 0.408 e. The van der Waals surface area contributed by atoms with E-state index >= 15 is 0 Å². The molecule has 0 heterocycles. The van der Waals surface area contributed by atoms with Crippen molar-refractivity contribution in [3.63, 3.8) is 0 Å². The molecule has 11 heteroatoms. The summed E-state index contributed by atoms with van der Waals surface area (Å²) in [6, 6.07) is 17.7. The van der Waals surface area contributed by atoms with Crippen molar-refractivity contribution < 1.29 is 33.0 Å². The maximum atomic E-state index is 14.3. The third-order valence-electron chi connectivity index (χ3n) is 8.17. The van der Waals surface area contributed by atoms with Gasteiger partial charge < -0.3 is 30.7 Å². The molecule has 0 unspecified atom stereocenters. The number of halogens is 2. The second kappa shape index (κ2) is 20.2. The number of amides is 3. The van der Waals surface area contributed by atoms with Gasteiger partial charge >= 0.3 is 6.09 Å². The molecule has 0 aliphatic rings. The Morgan fingerprint density at radius 3 is 2.10 bits per heavy atom. The van der Waals surface area contributed by atoms with Crippen LogP contribution in [0.3, 0.4) is 0 Å². The van der Waals surface area contributed by atoms with Crippen LogP contribution < -0.4 is 11.1 Å². The highest BCUT2D eigenvalue weighted by Gasteiger charge is 2.31. The number of nitrogens with two attached hydrogens (primary N) is 1. The number of hydrogen-bond donors (Lipinski definition) is 3. The van der Waals surface area contributed by atoms with Crippen molar-refractivity contribution in [3.8, 4) is 0 Å². The number of carbonyl (C=O) groups is 3. The molecule has 0 saturated carbocycles. The van der Waals surface area contributed by atoms with Crippen molar-refractivity contribution in [2.24, 2.45) is 5.73 Å². The third-order valence-corrected chi connectivity index (χ3v) is 8.17. The molecular formula is C38H50F2N4O5. The number of rotatable bonds is 19. The molecule has 3 rings (SSSR count). The highest BCUT2D eigenvalue weighted by atomic mass is 19.1. The Bertz CT molecular complexity index is 1470. The van der Waals surface area contributed by atoms with Gasteiger partial charge in [0.15, 0.2) is 0 Å². The number of nitrogens with zero attached hydrogens (tertiary/aromatic N) is 2. The van der Waals surface area contributed by atoms with Gasteiger partial charge in [-0.3, -0.25) is 9.59 Å². The summed E-state index contributed by atoms with van der Waals surface area (Å²) in [4.78, 5) is 43.7. The monoisotopic (exact) mass is 680 g/mol. The zero-order chi connectivity index (χ0) is 35.8. The Hall–Kier alpha value is -4.35. The van der Waals surface area contributed by atoms with Crippen LogP contribution in [0, 0.1) is 11.6 Å². The van der Waals surface area contributed by atoms with Gasteiger partial charge in [0.25, 0.3) is 0 Å². The molecule has 9 nitrogen and oxygen atoms in total. The lowest BCUT2D eigenvalue weighted by atomic mass is 10.0. The highest BCUT2D eigenvalue weighted by Crippen LogP contribution is 2.16. The van der Waals surface area contributed by atoms with Crippen molar-refractivity contribution in [3.05, 3.63) is 107 Å². The number of hydrogen-bond acceptors (Lipinski definition) is 6. The number of nitrogens with one attached hydrogen (secondary N) is 1. The Labute approximate surface area is 288 Å². The summed E-state index contributed by atoms with van der Waals surface area (Å²) in [6.45, 7) is 6.96. The van der Waals surface area contributed by atoms with Gasteiger partial charge in [-0.2, -0.15) is 0 Å². The Balaban J connectivity index is 1.87. The molecular weight excluding hydrogens is 630 g/mol. The van der Waals surface area contributed by atoms with E-state index < -0.39 is 41.8 Å². The van der Waals surface area contributed by atoms with Gasteiger partial charge in [-0.05, 0) is 66.5 Å². The van der Waals surface area contributed by atoms with Gasteiger partial charge in [-0.1, -0.05) is 75.4 Å². The number of benzene rings is 3. The largest absolute Gasteiger partial charge is 0.445 e. The molecule has 3 atom stereocenters. The molecule has 0 radical (unpaired) electrons. The van der Waals surface area contributed by atoms with Gasteiger partial charge in [0.1, 0.15) is 24.3 Å². The maximum Gasteiger partial charge on any atom is 0.408 e. The minimum absolute atomic E-state index is 0.00172. The highest BCUT2D eigenvalue weighted by molar-refractivity contribution is 5.86. The lowest BCUT2D eigenvalue weighted by molar-refractivity contribution is -0.136. The number of aryl methyl sites for hydroxylation is 1. The first kappa shape index (κ1) is 39.1. The summed E-state index contributed by atoms with van der Waals surface area (Å²) in [5.41, 5.74) is 9.17. The molecule has 49 heavy (non-hydrogen) atoms.